The minimum absolute atomic E-state index is 0.0643. The van der Waals surface area contributed by atoms with E-state index in [4.69, 9.17) is 21.1 Å². The summed E-state index contributed by atoms with van der Waals surface area (Å²) in [6, 6.07) is 8.57. The highest BCUT2D eigenvalue weighted by Crippen LogP contribution is 2.40. The molecule has 1 saturated heterocycles. The van der Waals surface area contributed by atoms with Crippen molar-refractivity contribution in [2.24, 2.45) is 11.0 Å². The first-order chi connectivity index (χ1) is 21.7. The van der Waals surface area contributed by atoms with Crippen molar-refractivity contribution in [3.8, 4) is 5.75 Å². The number of likely N-dealkylation sites (N-methyl/N-ethyl adjacent to an activating group) is 1. The highest BCUT2D eigenvalue weighted by atomic mass is 16.5. The first-order valence-corrected chi connectivity index (χ1v) is 15.6. The Morgan fingerprint density at radius 2 is 1.84 bits per heavy atom. The molecule has 14 heteroatoms. The predicted molar refractivity (Wildman–Crippen MR) is 171 cm³/mol. The summed E-state index contributed by atoms with van der Waals surface area (Å²) in [5.74, 6) is 7.58. The molecular formula is C31H42N10O4. The number of piperidine rings is 1. The maximum atomic E-state index is 13.3. The SMILES string of the molecule is COc1cc(C(=O)N(N)C2CCN(C(=O)CN=[N+]=[N-])CC2)ccc1Nc1ccc2c(n1)N(C1CCCCCC1)[C@H](C)C(=O)N2C. The van der Waals surface area contributed by atoms with Crippen molar-refractivity contribution >= 4 is 40.7 Å². The standard InChI is InChI=1S/C31H42N10O4/c1-20-30(43)38(2)25-12-13-27(36-29(25)40(20)22-8-6-4-5-7-9-22)35-24-11-10-21(18-26(24)45-3)31(44)41(33)23-14-16-39(17-15-23)28(42)19-34-37-32/h10-13,18,20,22-23H,4-9,14-17,19,33H2,1-3H3,(H,35,36)/t20-/m1/s1. The van der Waals surface area contributed by atoms with Crippen molar-refractivity contribution in [2.75, 3.05) is 48.9 Å². The second-order valence-corrected chi connectivity index (χ2v) is 11.9. The molecule has 240 valence electrons. The van der Waals surface area contributed by atoms with Crippen LogP contribution in [0.1, 0.15) is 68.6 Å². The zero-order chi connectivity index (χ0) is 32.1. The maximum absolute atomic E-state index is 13.3. The van der Waals surface area contributed by atoms with Gasteiger partial charge >= 0.3 is 0 Å². The van der Waals surface area contributed by atoms with Crippen LogP contribution in [-0.4, -0.2) is 84.5 Å². The molecule has 0 spiro atoms. The van der Waals surface area contributed by atoms with Gasteiger partial charge in [-0.2, -0.15) is 0 Å². The zero-order valence-electron chi connectivity index (χ0n) is 26.2. The molecule has 1 aromatic heterocycles. The Kier molecular flexibility index (Phi) is 9.94. The molecule has 2 fully saturated rings. The van der Waals surface area contributed by atoms with E-state index in [0.29, 0.717) is 48.7 Å². The maximum Gasteiger partial charge on any atom is 0.268 e. The lowest BCUT2D eigenvalue weighted by Gasteiger charge is -2.43. The van der Waals surface area contributed by atoms with Gasteiger partial charge in [0.25, 0.3) is 5.91 Å². The molecule has 1 saturated carbocycles. The van der Waals surface area contributed by atoms with Crippen LogP contribution >= 0.6 is 0 Å². The summed E-state index contributed by atoms with van der Waals surface area (Å²) in [5.41, 5.74) is 10.2. The summed E-state index contributed by atoms with van der Waals surface area (Å²) in [5, 5.41) is 7.91. The van der Waals surface area contributed by atoms with E-state index in [-0.39, 0.29) is 42.4 Å². The number of carbonyl (C=O) groups excluding carboxylic acids is 3. The van der Waals surface area contributed by atoms with Gasteiger partial charge in [-0.3, -0.25) is 19.4 Å². The Morgan fingerprint density at radius 3 is 2.51 bits per heavy atom. The van der Waals surface area contributed by atoms with E-state index in [9.17, 15) is 14.4 Å². The number of likely N-dealkylation sites (tertiary alicyclic amines) is 1. The van der Waals surface area contributed by atoms with E-state index in [1.807, 2.05) is 19.1 Å². The van der Waals surface area contributed by atoms with Gasteiger partial charge in [0.15, 0.2) is 5.82 Å². The normalized spacial score (nSPS) is 19.3. The molecule has 0 radical (unpaired) electrons. The Labute approximate surface area is 263 Å². The lowest BCUT2D eigenvalue weighted by atomic mass is 10.0. The van der Waals surface area contributed by atoms with Crippen molar-refractivity contribution in [3.05, 3.63) is 46.3 Å². The van der Waals surface area contributed by atoms with Gasteiger partial charge in [0.2, 0.25) is 11.8 Å². The molecular weight excluding hydrogens is 576 g/mol. The number of benzene rings is 1. The average molecular weight is 619 g/mol. The number of nitrogens with two attached hydrogens (primary N) is 1. The number of ether oxygens (including phenoxy) is 1. The molecule has 3 amide bonds. The van der Waals surface area contributed by atoms with Crippen molar-refractivity contribution in [1.29, 1.82) is 0 Å². The third kappa shape index (κ3) is 6.76. The number of aromatic nitrogens is 1. The van der Waals surface area contributed by atoms with Gasteiger partial charge in [0, 0.05) is 36.7 Å². The first kappa shape index (κ1) is 31.9. The molecule has 45 heavy (non-hydrogen) atoms. The van der Waals surface area contributed by atoms with Gasteiger partial charge in [-0.25, -0.2) is 10.8 Å². The van der Waals surface area contributed by atoms with Gasteiger partial charge in [-0.05, 0) is 68.5 Å². The first-order valence-electron chi connectivity index (χ1n) is 15.6. The van der Waals surface area contributed by atoms with Crippen LogP contribution in [0.15, 0.2) is 35.4 Å². The Bertz CT molecular complexity index is 1460. The fraction of sp³-hybridized carbons (Fsp3) is 0.548. The molecule has 1 aliphatic carbocycles. The molecule has 0 bridgehead atoms. The summed E-state index contributed by atoms with van der Waals surface area (Å²) < 4.78 is 5.65. The summed E-state index contributed by atoms with van der Waals surface area (Å²) in [7, 11) is 3.33. The quantitative estimate of drug-likeness (QED) is 0.0836. The van der Waals surface area contributed by atoms with E-state index in [1.165, 1.54) is 25.0 Å². The van der Waals surface area contributed by atoms with E-state index in [0.717, 1.165) is 37.2 Å². The molecule has 3 heterocycles. The Balaban J connectivity index is 1.31. The molecule has 0 unspecified atom stereocenters. The van der Waals surface area contributed by atoms with E-state index in [1.54, 1.807) is 35.0 Å². The predicted octanol–water partition coefficient (Wildman–Crippen LogP) is 4.35. The molecule has 1 atom stereocenters. The van der Waals surface area contributed by atoms with Crippen LogP contribution in [0.25, 0.3) is 10.4 Å². The van der Waals surface area contributed by atoms with E-state index in [2.05, 4.69) is 20.2 Å². The number of hydrazine groups is 1. The average Bonchev–Trinajstić information content (AvgIpc) is 3.35. The van der Waals surface area contributed by atoms with Crippen LogP contribution in [-0.2, 0) is 9.59 Å². The van der Waals surface area contributed by atoms with Crippen LogP contribution in [0, 0.1) is 0 Å². The third-order valence-corrected chi connectivity index (χ3v) is 9.21. The fourth-order valence-corrected chi connectivity index (χ4v) is 6.65. The summed E-state index contributed by atoms with van der Waals surface area (Å²) in [6.45, 7) is 2.59. The molecule has 14 nitrogen and oxygen atoms in total. The minimum atomic E-state index is -0.355. The second-order valence-electron chi connectivity index (χ2n) is 11.9. The fourth-order valence-electron chi connectivity index (χ4n) is 6.65. The number of methoxy groups -OCH3 is 1. The number of amides is 3. The number of fused-ring (bicyclic) bond motifs is 1. The number of nitrogens with zero attached hydrogens (tertiary/aromatic N) is 8. The van der Waals surface area contributed by atoms with Crippen molar-refractivity contribution in [3.63, 3.8) is 0 Å². The van der Waals surface area contributed by atoms with Gasteiger partial charge in [0.05, 0.1) is 24.5 Å². The number of rotatable bonds is 8. The monoisotopic (exact) mass is 618 g/mol. The van der Waals surface area contributed by atoms with Crippen molar-refractivity contribution < 1.29 is 19.1 Å². The van der Waals surface area contributed by atoms with Crippen LogP contribution in [0.5, 0.6) is 5.75 Å². The molecule has 3 N–H and O–H groups in total. The zero-order valence-corrected chi connectivity index (χ0v) is 26.2. The molecule has 2 aliphatic heterocycles. The summed E-state index contributed by atoms with van der Waals surface area (Å²) in [6.07, 6.45) is 7.83. The van der Waals surface area contributed by atoms with Crippen molar-refractivity contribution in [2.45, 2.75) is 76.4 Å². The Hall–Kier alpha value is -4.55. The number of hydrogen-bond acceptors (Lipinski definition) is 9. The van der Waals surface area contributed by atoms with Crippen LogP contribution in [0.2, 0.25) is 0 Å². The topological polar surface area (TPSA) is 173 Å². The highest BCUT2D eigenvalue weighted by Gasteiger charge is 2.38. The second kappa shape index (κ2) is 14.0. The van der Waals surface area contributed by atoms with E-state index >= 15 is 0 Å². The molecule has 5 rings (SSSR count). The number of pyridine rings is 1. The number of carbonyl (C=O) groups is 3. The third-order valence-electron chi connectivity index (χ3n) is 9.21. The lowest BCUT2D eigenvalue weighted by molar-refractivity contribution is -0.131. The van der Waals surface area contributed by atoms with Gasteiger partial charge in [0.1, 0.15) is 24.2 Å². The summed E-state index contributed by atoms with van der Waals surface area (Å²) >= 11 is 0. The van der Waals surface area contributed by atoms with Crippen LogP contribution in [0.3, 0.4) is 0 Å². The highest BCUT2D eigenvalue weighted by molar-refractivity contribution is 6.04. The largest absolute Gasteiger partial charge is 0.495 e. The lowest BCUT2D eigenvalue weighted by Crippen LogP contribution is -2.55. The molecule has 3 aliphatic rings. The van der Waals surface area contributed by atoms with Gasteiger partial charge < -0.3 is 24.8 Å². The van der Waals surface area contributed by atoms with Gasteiger partial charge in [-0.15, -0.1) is 0 Å². The number of nitrogens with one attached hydrogen (secondary N) is 1. The number of hydrogen-bond donors (Lipinski definition) is 2. The van der Waals surface area contributed by atoms with E-state index < -0.39 is 0 Å². The number of anilines is 4. The van der Waals surface area contributed by atoms with Crippen LogP contribution < -0.4 is 25.7 Å². The summed E-state index contributed by atoms with van der Waals surface area (Å²) in [4.78, 5) is 51.8. The van der Waals surface area contributed by atoms with Crippen molar-refractivity contribution in [1.82, 2.24) is 14.9 Å². The molecule has 2 aromatic rings. The van der Waals surface area contributed by atoms with Crippen LogP contribution in [0.4, 0.5) is 23.0 Å². The minimum Gasteiger partial charge on any atom is -0.495 e. The van der Waals surface area contributed by atoms with Gasteiger partial charge in [-0.1, -0.05) is 30.8 Å². The number of azide groups is 1. The Morgan fingerprint density at radius 1 is 1.13 bits per heavy atom. The molecule has 1 aromatic carbocycles. The smallest absolute Gasteiger partial charge is 0.268 e.